The van der Waals surface area contributed by atoms with E-state index in [9.17, 15) is 9.59 Å². The summed E-state index contributed by atoms with van der Waals surface area (Å²) in [7, 11) is 0. The van der Waals surface area contributed by atoms with Crippen molar-refractivity contribution in [3.05, 3.63) is 64.5 Å². The van der Waals surface area contributed by atoms with Crippen molar-refractivity contribution in [3.63, 3.8) is 0 Å². The number of rotatable bonds is 3. The molecule has 2 fully saturated rings. The Morgan fingerprint density at radius 3 is 2.24 bits per heavy atom. The van der Waals surface area contributed by atoms with E-state index >= 15 is 0 Å². The molecule has 5 nitrogen and oxygen atoms in total. The number of carbonyl (C=O) groups is 2. The number of imide groups is 1. The number of aromatic nitrogens is 1. The summed E-state index contributed by atoms with van der Waals surface area (Å²) < 4.78 is 2.06. The first-order valence-electron chi connectivity index (χ1n) is 10.0. The number of nitrogens with zero attached hydrogens (tertiary/aromatic N) is 3. The Balaban J connectivity index is 1.46. The summed E-state index contributed by atoms with van der Waals surface area (Å²) in [4.78, 5) is 25.8. The van der Waals surface area contributed by atoms with Crippen molar-refractivity contribution in [2.45, 2.75) is 26.7 Å². The standard InChI is InChI=1S/C23H22ClN3O2/c1-13-11-17(14(2)26(13)19-6-4-3-5-18(19)24)12-25-27-22(28)20-15-7-8-16(10-9-15)21(20)23(27)29/h3-8,11-12,15-16,20-21H,9-10H2,1-2H3/b25-12-/t15-,16-,20+,21+/m0/s1. The first kappa shape index (κ1) is 18.4. The number of amides is 2. The van der Waals surface area contributed by atoms with Gasteiger partial charge in [-0.15, -0.1) is 0 Å². The Hall–Kier alpha value is -2.66. The van der Waals surface area contributed by atoms with Crippen LogP contribution < -0.4 is 0 Å². The summed E-state index contributed by atoms with van der Waals surface area (Å²) in [6, 6.07) is 9.65. The Kier molecular flexibility index (Phi) is 4.24. The van der Waals surface area contributed by atoms with Gasteiger partial charge in [-0.25, -0.2) is 0 Å². The first-order valence-corrected chi connectivity index (χ1v) is 10.4. The van der Waals surface area contributed by atoms with Gasteiger partial charge in [-0.1, -0.05) is 35.9 Å². The monoisotopic (exact) mass is 407 g/mol. The van der Waals surface area contributed by atoms with Gasteiger partial charge in [0.1, 0.15) is 0 Å². The van der Waals surface area contributed by atoms with Crippen molar-refractivity contribution in [1.29, 1.82) is 0 Å². The van der Waals surface area contributed by atoms with E-state index in [0.717, 1.165) is 40.5 Å². The Morgan fingerprint density at radius 1 is 1.03 bits per heavy atom. The topological polar surface area (TPSA) is 54.7 Å². The van der Waals surface area contributed by atoms with Crippen LogP contribution in [-0.4, -0.2) is 27.6 Å². The maximum atomic E-state index is 12.9. The highest BCUT2D eigenvalue weighted by molar-refractivity contribution is 6.32. The van der Waals surface area contributed by atoms with E-state index in [4.69, 9.17) is 11.6 Å². The van der Waals surface area contributed by atoms with Gasteiger partial charge in [0.2, 0.25) is 0 Å². The summed E-state index contributed by atoms with van der Waals surface area (Å²) in [5, 5.41) is 6.11. The fourth-order valence-electron chi connectivity index (χ4n) is 5.21. The number of allylic oxidation sites excluding steroid dienone is 2. The molecule has 4 atom stereocenters. The number of benzene rings is 1. The first-order chi connectivity index (χ1) is 14.0. The molecule has 6 heteroatoms. The second-order valence-electron chi connectivity index (χ2n) is 8.19. The summed E-state index contributed by atoms with van der Waals surface area (Å²) in [6.07, 6.45) is 7.82. The second kappa shape index (κ2) is 6.70. The van der Waals surface area contributed by atoms with Crippen LogP contribution in [0.2, 0.25) is 5.02 Å². The van der Waals surface area contributed by atoms with Crippen LogP contribution in [0.25, 0.3) is 5.69 Å². The largest absolute Gasteiger partial charge is 0.316 e. The molecule has 0 unspecified atom stereocenters. The van der Waals surface area contributed by atoms with Crippen molar-refractivity contribution >= 4 is 29.6 Å². The molecule has 1 aromatic heterocycles. The number of hydrogen-bond acceptors (Lipinski definition) is 3. The molecule has 1 saturated heterocycles. The molecule has 2 bridgehead atoms. The van der Waals surface area contributed by atoms with Gasteiger partial charge in [0.25, 0.3) is 11.8 Å². The molecule has 0 spiro atoms. The van der Waals surface area contributed by atoms with Gasteiger partial charge < -0.3 is 4.57 Å². The predicted octanol–water partition coefficient (Wildman–Crippen LogP) is 4.28. The van der Waals surface area contributed by atoms with Gasteiger partial charge >= 0.3 is 0 Å². The predicted molar refractivity (Wildman–Crippen MR) is 112 cm³/mol. The molecule has 4 aliphatic rings. The number of hydrogen-bond donors (Lipinski definition) is 0. The molecule has 2 heterocycles. The average molecular weight is 408 g/mol. The van der Waals surface area contributed by atoms with Crippen LogP contribution in [0.1, 0.15) is 29.8 Å². The van der Waals surface area contributed by atoms with Crippen LogP contribution in [0.15, 0.2) is 47.6 Å². The third-order valence-corrected chi connectivity index (χ3v) is 6.93. The third kappa shape index (κ3) is 2.71. The number of hydrazone groups is 1. The Bertz CT molecular complexity index is 1050. The number of aryl methyl sites for hydroxylation is 1. The molecule has 6 rings (SSSR count). The maximum Gasteiger partial charge on any atom is 0.254 e. The molecule has 29 heavy (non-hydrogen) atoms. The van der Waals surface area contributed by atoms with Crippen molar-refractivity contribution < 1.29 is 9.59 Å². The van der Waals surface area contributed by atoms with E-state index < -0.39 is 0 Å². The molecule has 1 aromatic carbocycles. The van der Waals surface area contributed by atoms with Gasteiger partial charge in [0, 0.05) is 17.0 Å². The van der Waals surface area contributed by atoms with E-state index in [2.05, 4.69) is 21.8 Å². The molecule has 2 aromatic rings. The van der Waals surface area contributed by atoms with E-state index in [1.54, 1.807) is 6.21 Å². The molecule has 1 saturated carbocycles. The number of halogens is 1. The van der Waals surface area contributed by atoms with E-state index in [1.165, 1.54) is 0 Å². The van der Waals surface area contributed by atoms with Crippen molar-refractivity contribution in [2.24, 2.45) is 28.8 Å². The van der Waals surface area contributed by atoms with E-state index in [1.807, 2.05) is 44.2 Å². The Morgan fingerprint density at radius 2 is 1.66 bits per heavy atom. The SMILES string of the molecule is Cc1cc(/C=N\N2C(=O)[C@H]3[C@H](C2=O)[C@H]2C=C[C@H]3CC2)c(C)n1-c1ccccc1Cl. The number of carbonyl (C=O) groups excluding carboxylic acids is 2. The van der Waals surface area contributed by atoms with Crippen LogP contribution in [0.5, 0.6) is 0 Å². The van der Waals surface area contributed by atoms with Gasteiger partial charge in [-0.05, 0) is 56.7 Å². The quantitative estimate of drug-likeness (QED) is 0.433. The summed E-state index contributed by atoms with van der Waals surface area (Å²) in [5.74, 6) is -0.442. The minimum Gasteiger partial charge on any atom is -0.316 e. The molecule has 148 valence electrons. The van der Waals surface area contributed by atoms with E-state index in [-0.39, 0.29) is 35.5 Å². The van der Waals surface area contributed by atoms with Crippen molar-refractivity contribution in [1.82, 2.24) is 9.58 Å². The minimum absolute atomic E-state index is 0.157. The zero-order chi connectivity index (χ0) is 20.3. The molecular weight excluding hydrogens is 386 g/mol. The Labute approximate surface area is 174 Å². The van der Waals surface area contributed by atoms with Gasteiger partial charge in [-0.3, -0.25) is 9.59 Å². The summed E-state index contributed by atoms with van der Waals surface area (Å²) >= 11 is 6.38. The lowest BCUT2D eigenvalue weighted by Gasteiger charge is -2.37. The lowest BCUT2D eigenvalue weighted by molar-refractivity contribution is -0.140. The second-order valence-corrected chi connectivity index (χ2v) is 8.59. The van der Waals surface area contributed by atoms with Crippen LogP contribution in [0.3, 0.4) is 0 Å². The normalized spacial score (nSPS) is 28.0. The van der Waals surface area contributed by atoms with Crippen LogP contribution in [-0.2, 0) is 9.59 Å². The number of para-hydroxylation sites is 1. The van der Waals surface area contributed by atoms with Crippen molar-refractivity contribution in [3.8, 4) is 5.69 Å². The third-order valence-electron chi connectivity index (χ3n) is 6.61. The molecule has 0 radical (unpaired) electrons. The summed E-state index contributed by atoms with van der Waals surface area (Å²) in [6.45, 7) is 3.98. The fourth-order valence-corrected chi connectivity index (χ4v) is 5.43. The highest BCUT2D eigenvalue weighted by Gasteiger charge is 2.56. The average Bonchev–Trinajstić information content (AvgIpc) is 3.16. The van der Waals surface area contributed by atoms with Gasteiger partial charge in [0.05, 0.1) is 28.8 Å². The zero-order valence-electron chi connectivity index (χ0n) is 16.4. The molecule has 0 N–H and O–H groups in total. The highest BCUT2D eigenvalue weighted by Crippen LogP contribution is 2.49. The van der Waals surface area contributed by atoms with Crippen LogP contribution >= 0.6 is 11.6 Å². The van der Waals surface area contributed by atoms with Crippen LogP contribution in [0, 0.1) is 37.5 Å². The molecular formula is C23H22ClN3O2. The lowest BCUT2D eigenvalue weighted by atomic mass is 9.63. The smallest absolute Gasteiger partial charge is 0.254 e. The highest BCUT2D eigenvalue weighted by atomic mass is 35.5. The van der Waals surface area contributed by atoms with Crippen molar-refractivity contribution in [2.75, 3.05) is 0 Å². The molecule has 1 aliphatic heterocycles. The zero-order valence-corrected chi connectivity index (χ0v) is 17.1. The van der Waals surface area contributed by atoms with E-state index in [0.29, 0.717) is 5.02 Å². The van der Waals surface area contributed by atoms with Crippen LogP contribution in [0.4, 0.5) is 0 Å². The number of fused-ring (bicyclic) bond motifs is 1. The lowest BCUT2D eigenvalue weighted by Crippen LogP contribution is -2.38. The molecule has 3 aliphatic carbocycles. The molecule has 2 amide bonds. The van der Waals surface area contributed by atoms with Gasteiger partial charge in [0.15, 0.2) is 0 Å². The minimum atomic E-state index is -0.237. The maximum absolute atomic E-state index is 12.9. The van der Waals surface area contributed by atoms with Gasteiger partial charge in [-0.2, -0.15) is 10.1 Å². The summed E-state index contributed by atoms with van der Waals surface area (Å²) in [5.41, 5.74) is 3.72. The fraction of sp³-hybridized carbons (Fsp3) is 0.348.